The molecule has 1 N–H and O–H groups in total. The number of piperidine rings is 1. The van der Waals surface area contributed by atoms with Crippen molar-refractivity contribution >= 4 is 28.3 Å². The van der Waals surface area contributed by atoms with Gasteiger partial charge >= 0.3 is 0 Å². The second kappa shape index (κ2) is 6.51. The Bertz CT molecular complexity index is 280. The van der Waals surface area contributed by atoms with E-state index in [2.05, 4.69) is 45.5 Å². The Hall–Kier alpha value is -0.0500. The molecule has 15 heavy (non-hydrogen) atoms. The molecule has 0 atom stereocenters. The Morgan fingerprint density at radius 2 is 1.73 bits per heavy atom. The largest absolute Gasteiger partial charge is 0.317 e. The summed E-state index contributed by atoms with van der Waals surface area (Å²) in [5.41, 5.74) is 1.47. The molecule has 0 saturated carbocycles. The average molecular weight is 291 g/mol. The molecule has 3 heteroatoms. The molecule has 2 rings (SSSR count). The monoisotopic (exact) mass is 289 g/mol. The zero-order chi connectivity index (χ0) is 9.80. The van der Waals surface area contributed by atoms with Crippen LogP contribution in [0.15, 0.2) is 28.7 Å². The lowest BCUT2D eigenvalue weighted by molar-refractivity contribution is 0.372. The predicted molar refractivity (Wildman–Crippen MR) is 70.7 cm³/mol. The summed E-state index contributed by atoms with van der Waals surface area (Å²) >= 11 is 3.46. The Morgan fingerprint density at radius 3 is 2.33 bits per heavy atom. The van der Waals surface area contributed by atoms with Crippen molar-refractivity contribution in [2.45, 2.75) is 19.3 Å². The highest BCUT2D eigenvalue weighted by Crippen LogP contribution is 2.19. The van der Waals surface area contributed by atoms with E-state index in [0.717, 1.165) is 5.92 Å². The maximum Gasteiger partial charge on any atom is 0.0175 e. The summed E-state index contributed by atoms with van der Waals surface area (Å²) in [5, 5.41) is 3.40. The van der Waals surface area contributed by atoms with Gasteiger partial charge in [0.05, 0.1) is 0 Å². The average Bonchev–Trinajstić information content (AvgIpc) is 2.23. The lowest BCUT2D eigenvalue weighted by atomic mass is 9.91. The number of benzene rings is 1. The molecule has 0 radical (unpaired) electrons. The van der Waals surface area contributed by atoms with Gasteiger partial charge in [0.25, 0.3) is 0 Å². The first-order valence-corrected chi connectivity index (χ1v) is 6.09. The molecule has 0 aromatic heterocycles. The summed E-state index contributed by atoms with van der Waals surface area (Å²) in [7, 11) is 0. The number of hydrogen-bond acceptors (Lipinski definition) is 1. The van der Waals surface area contributed by atoms with Crippen molar-refractivity contribution in [3.63, 3.8) is 0 Å². The molecule has 1 fully saturated rings. The highest BCUT2D eigenvalue weighted by atomic mass is 79.9. The van der Waals surface area contributed by atoms with E-state index in [1.807, 2.05) is 0 Å². The van der Waals surface area contributed by atoms with Gasteiger partial charge in [0.1, 0.15) is 0 Å². The van der Waals surface area contributed by atoms with Gasteiger partial charge in [-0.15, -0.1) is 12.4 Å². The van der Waals surface area contributed by atoms with Crippen molar-refractivity contribution in [2.75, 3.05) is 13.1 Å². The molecule has 0 amide bonds. The van der Waals surface area contributed by atoms with Crippen LogP contribution in [0.3, 0.4) is 0 Å². The Morgan fingerprint density at radius 1 is 1.13 bits per heavy atom. The molecule has 1 heterocycles. The van der Waals surface area contributed by atoms with Gasteiger partial charge in [0, 0.05) is 4.47 Å². The highest BCUT2D eigenvalue weighted by molar-refractivity contribution is 9.10. The minimum Gasteiger partial charge on any atom is -0.317 e. The van der Waals surface area contributed by atoms with Crippen molar-refractivity contribution in [3.05, 3.63) is 34.3 Å². The summed E-state index contributed by atoms with van der Waals surface area (Å²) in [6.45, 7) is 2.39. The van der Waals surface area contributed by atoms with Crippen molar-refractivity contribution in [1.29, 1.82) is 0 Å². The highest BCUT2D eigenvalue weighted by Gasteiger charge is 2.12. The molecule has 0 spiro atoms. The third kappa shape index (κ3) is 4.13. The van der Waals surface area contributed by atoms with E-state index in [-0.39, 0.29) is 12.4 Å². The summed E-state index contributed by atoms with van der Waals surface area (Å²) in [6.07, 6.45) is 3.90. The Labute approximate surface area is 106 Å². The number of rotatable bonds is 2. The summed E-state index contributed by atoms with van der Waals surface area (Å²) in [6, 6.07) is 8.73. The standard InChI is InChI=1S/C12H16BrN.ClH/c13-12-3-1-10(2-4-12)9-11-5-7-14-8-6-11;/h1-4,11,14H,5-9H2;1H. The number of hydrogen-bond donors (Lipinski definition) is 1. The van der Waals surface area contributed by atoms with Crippen LogP contribution < -0.4 is 5.32 Å². The van der Waals surface area contributed by atoms with Gasteiger partial charge in [0.2, 0.25) is 0 Å². The van der Waals surface area contributed by atoms with Crippen LogP contribution in [-0.2, 0) is 6.42 Å². The zero-order valence-electron chi connectivity index (χ0n) is 8.71. The molecule has 0 aliphatic carbocycles. The molecule has 0 unspecified atom stereocenters. The molecule has 1 aliphatic heterocycles. The van der Waals surface area contributed by atoms with E-state index in [9.17, 15) is 0 Å². The Balaban J connectivity index is 0.00000112. The van der Waals surface area contributed by atoms with Crippen LogP contribution in [0.5, 0.6) is 0 Å². The van der Waals surface area contributed by atoms with Gasteiger partial charge < -0.3 is 5.32 Å². The number of halogens is 2. The normalized spacial score (nSPS) is 17.1. The summed E-state index contributed by atoms with van der Waals surface area (Å²) in [4.78, 5) is 0. The van der Waals surface area contributed by atoms with E-state index in [4.69, 9.17) is 0 Å². The molecule has 1 saturated heterocycles. The van der Waals surface area contributed by atoms with Crippen LogP contribution in [0.4, 0.5) is 0 Å². The van der Waals surface area contributed by atoms with Crippen LogP contribution in [-0.4, -0.2) is 13.1 Å². The lowest BCUT2D eigenvalue weighted by Crippen LogP contribution is -2.28. The van der Waals surface area contributed by atoms with Gasteiger partial charge in [0.15, 0.2) is 0 Å². The van der Waals surface area contributed by atoms with E-state index in [1.54, 1.807) is 0 Å². The molecule has 84 valence electrons. The summed E-state index contributed by atoms with van der Waals surface area (Å²) in [5.74, 6) is 0.887. The third-order valence-electron chi connectivity index (χ3n) is 2.90. The molecule has 1 aromatic carbocycles. The van der Waals surface area contributed by atoms with Gasteiger partial charge in [-0.1, -0.05) is 28.1 Å². The molecule has 0 bridgehead atoms. The molecular formula is C12H17BrClN. The van der Waals surface area contributed by atoms with Crippen LogP contribution in [0.2, 0.25) is 0 Å². The van der Waals surface area contributed by atoms with E-state index in [0.29, 0.717) is 0 Å². The van der Waals surface area contributed by atoms with Gasteiger partial charge in [-0.05, 0) is 56.0 Å². The molecular weight excluding hydrogens is 273 g/mol. The first-order chi connectivity index (χ1) is 6.84. The molecule has 1 nitrogen and oxygen atoms in total. The van der Waals surface area contributed by atoms with E-state index < -0.39 is 0 Å². The van der Waals surface area contributed by atoms with Gasteiger partial charge in [-0.2, -0.15) is 0 Å². The first-order valence-electron chi connectivity index (χ1n) is 5.30. The van der Waals surface area contributed by atoms with Crippen molar-refractivity contribution in [2.24, 2.45) is 5.92 Å². The second-order valence-corrected chi connectivity index (χ2v) is 4.94. The van der Waals surface area contributed by atoms with Crippen molar-refractivity contribution < 1.29 is 0 Å². The van der Waals surface area contributed by atoms with Crippen molar-refractivity contribution in [3.8, 4) is 0 Å². The smallest absolute Gasteiger partial charge is 0.0175 e. The molecule has 1 aromatic rings. The van der Waals surface area contributed by atoms with E-state index >= 15 is 0 Å². The number of nitrogens with one attached hydrogen (secondary N) is 1. The molecule has 1 aliphatic rings. The van der Waals surface area contributed by atoms with Crippen LogP contribution in [0, 0.1) is 5.92 Å². The zero-order valence-corrected chi connectivity index (χ0v) is 11.1. The second-order valence-electron chi connectivity index (χ2n) is 4.02. The third-order valence-corrected chi connectivity index (χ3v) is 3.43. The summed E-state index contributed by atoms with van der Waals surface area (Å²) < 4.78 is 1.17. The maximum absolute atomic E-state index is 3.46. The lowest BCUT2D eigenvalue weighted by Gasteiger charge is -2.22. The van der Waals surface area contributed by atoms with Crippen LogP contribution >= 0.6 is 28.3 Å². The Kier molecular flexibility index (Phi) is 5.65. The fourth-order valence-corrected chi connectivity index (χ4v) is 2.30. The predicted octanol–water partition coefficient (Wildman–Crippen LogP) is 3.41. The van der Waals surface area contributed by atoms with E-state index in [1.165, 1.54) is 42.4 Å². The minimum absolute atomic E-state index is 0. The fourth-order valence-electron chi connectivity index (χ4n) is 2.04. The topological polar surface area (TPSA) is 12.0 Å². The van der Waals surface area contributed by atoms with Gasteiger partial charge in [-0.25, -0.2) is 0 Å². The van der Waals surface area contributed by atoms with Crippen LogP contribution in [0.25, 0.3) is 0 Å². The maximum atomic E-state index is 3.46. The van der Waals surface area contributed by atoms with Crippen LogP contribution in [0.1, 0.15) is 18.4 Å². The SMILES string of the molecule is Brc1ccc(CC2CCNCC2)cc1.Cl. The minimum atomic E-state index is 0. The van der Waals surface area contributed by atoms with Crippen molar-refractivity contribution in [1.82, 2.24) is 5.32 Å². The quantitative estimate of drug-likeness (QED) is 0.880. The fraction of sp³-hybridized carbons (Fsp3) is 0.500. The van der Waals surface area contributed by atoms with Gasteiger partial charge in [-0.3, -0.25) is 0 Å². The first kappa shape index (κ1) is 13.0.